The molecule has 0 aromatic heterocycles. The first-order chi connectivity index (χ1) is 6.74. The number of benzene rings is 1. The van der Waals surface area contributed by atoms with E-state index in [-0.39, 0.29) is 5.78 Å². The Morgan fingerprint density at radius 2 is 2.29 bits per heavy atom. The molecule has 74 valence electrons. The topological polar surface area (TPSA) is 38.3 Å². The van der Waals surface area contributed by atoms with Gasteiger partial charge in [0.2, 0.25) is 0 Å². The van der Waals surface area contributed by atoms with Gasteiger partial charge in [-0.1, -0.05) is 11.6 Å². The van der Waals surface area contributed by atoms with Gasteiger partial charge in [-0.2, -0.15) is 0 Å². The molecule has 0 saturated carbocycles. The summed E-state index contributed by atoms with van der Waals surface area (Å²) in [6, 6.07) is 3.46. The maximum absolute atomic E-state index is 11.5. The number of carbonyl (C=O) groups excluding carboxylic acids is 1. The second-order valence-corrected chi connectivity index (χ2v) is 3.48. The lowest BCUT2D eigenvalue weighted by atomic mass is 10.0. The molecule has 1 heterocycles. The van der Waals surface area contributed by atoms with Crippen molar-refractivity contribution in [2.75, 3.05) is 19.0 Å². The summed E-state index contributed by atoms with van der Waals surface area (Å²) in [5.74, 6) is 0.718. The molecule has 0 aliphatic carbocycles. The standard InChI is InChI=1S/C10H10ClNO2/c1-14-8-3-2-6-7(13)4-5-12-10(6)9(8)11/h2-3,12H,4-5H2,1H3. The van der Waals surface area contributed by atoms with Crippen molar-refractivity contribution in [1.29, 1.82) is 0 Å². The van der Waals surface area contributed by atoms with Gasteiger partial charge in [0.1, 0.15) is 10.8 Å². The van der Waals surface area contributed by atoms with Crippen molar-refractivity contribution in [2.45, 2.75) is 6.42 Å². The van der Waals surface area contributed by atoms with Crippen LogP contribution in [0.2, 0.25) is 5.02 Å². The summed E-state index contributed by atoms with van der Waals surface area (Å²) in [5, 5.41) is 3.59. The number of fused-ring (bicyclic) bond motifs is 1. The van der Waals surface area contributed by atoms with E-state index < -0.39 is 0 Å². The Bertz CT molecular complexity index is 390. The number of Topliss-reactive ketones (excluding diaryl/α,β-unsaturated/α-hetero) is 1. The number of anilines is 1. The summed E-state index contributed by atoms with van der Waals surface area (Å²) in [6.45, 7) is 0.638. The first-order valence-corrected chi connectivity index (χ1v) is 4.75. The number of methoxy groups -OCH3 is 1. The molecule has 1 aromatic carbocycles. The average Bonchev–Trinajstić information content (AvgIpc) is 2.20. The minimum Gasteiger partial charge on any atom is -0.495 e. The molecule has 2 rings (SSSR count). The molecule has 0 atom stereocenters. The molecule has 14 heavy (non-hydrogen) atoms. The molecule has 0 radical (unpaired) electrons. The third kappa shape index (κ3) is 1.34. The zero-order valence-corrected chi connectivity index (χ0v) is 8.52. The van der Waals surface area contributed by atoms with Gasteiger partial charge in [0.05, 0.1) is 12.8 Å². The van der Waals surface area contributed by atoms with Crippen molar-refractivity contribution in [3.63, 3.8) is 0 Å². The van der Waals surface area contributed by atoms with Gasteiger partial charge in [0.25, 0.3) is 0 Å². The number of ether oxygens (including phenoxy) is 1. The van der Waals surface area contributed by atoms with Gasteiger partial charge in [0, 0.05) is 18.5 Å². The van der Waals surface area contributed by atoms with Crippen LogP contribution >= 0.6 is 11.6 Å². The van der Waals surface area contributed by atoms with Crippen molar-refractivity contribution < 1.29 is 9.53 Å². The molecule has 0 spiro atoms. The Balaban J connectivity index is 2.57. The predicted octanol–water partition coefficient (Wildman–Crippen LogP) is 2.35. The van der Waals surface area contributed by atoms with Gasteiger partial charge >= 0.3 is 0 Å². The maximum atomic E-state index is 11.5. The number of ketones is 1. The molecular weight excluding hydrogens is 202 g/mol. The Labute approximate surface area is 87.0 Å². The molecule has 1 aromatic rings. The third-order valence-electron chi connectivity index (χ3n) is 2.28. The molecule has 4 heteroatoms. The second-order valence-electron chi connectivity index (χ2n) is 3.10. The van der Waals surface area contributed by atoms with E-state index in [0.717, 1.165) is 0 Å². The predicted molar refractivity (Wildman–Crippen MR) is 55.4 cm³/mol. The SMILES string of the molecule is COc1ccc2c(c1Cl)NCCC2=O. The highest BCUT2D eigenvalue weighted by molar-refractivity contribution is 6.35. The first-order valence-electron chi connectivity index (χ1n) is 4.37. The number of hydrogen-bond acceptors (Lipinski definition) is 3. The van der Waals surface area contributed by atoms with Gasteiger partial charge in [-0.25, -0.2) is 0 Å². The summed E-state index contributed by atoms with van der Waals surface area (Å²) in [6.07, 6.45) is 0.523. The van der Waals surface area contributed by atoms with Gasteiger partial charge in [-0.05, 0) is 12.1 Å². The minimum absolute atomic E-state index is 0.128. The van der Waals surface area contributed by atoms with Crippen LogP contribution in [-0.4, -0.2) is 19.4 Å². The Kier molecular flexibility index (Phi) is 2.33. The van der Waals surface area contributed by atoms with E-state index in [9.17, 15) is 4.79 Å². The van der Waals surface area contributed by atoms with Crippen LogP contribution in [-0.2, 0) is 0 Å². The highest BCUT2D eigenvalue weighted by Crippen LogP contribution is 2.36. The number of hydrogen-bond donors (Lipinski definition) is 1. The number of halogens is 1. The number of rotatable bonds is 1. The summed E-state index contributed by atoms with van der Waals surface area (Å²) in [7, 11) is 1.55. The molecule has 0 fully saturated rings. The van der Waals surface area contributed by atoms with E-state index in [2.05, 4.69) is 5.32 Å². The van der Waals surface area contributed by atoms with E-state index in [0.29, 0.717) is 35.0 Å². The van der Waals surface area contributed by atoms with Crippen LogP contribution in [0.5, 0.6) is 5.75 Å². The van der Waals surface area contributed by atoms with Gasteiger partial charge < -0.3 is 10.1 Å². The molecule has 1 N–H and O–H groups in total. The molecule has 1 aliphatic heterocycles. The Morgan fingerprint density at radius 1 is 1.50 bits per heavy atom. The van der Waals surface area contributed by atoms with Gasteiger partial charge in [-0.15, -0.1) is 0 Å². The van der Waals surface area contributed by atoms with Crippen molar-refractivity contribution in [3.8, 4) is 5.75 Å². The van der Waals surface area contributed by atoms with Gasteiger partial charge in [-0.3, -0.25) is 4.79 Å². The summed E-state index contributed by atoms with van der Waals surface area (Å²) in [5.41, 5.74) is 1.35. The molecular formula is C10H10ClNO2. The lowest BCUT2D eigenvalue weighted by molar-refractivity contribution is 0.0983. The lowest BCUT2D eigenvalue weighted by Gasteiger charge is -2.19. The summed E-state index contributed by atoms with van der Waals surface area (Å²) in [4.78, 5) is 11.5. The smallest absolute Gasteiger partial charge is 0.166 e. The third-order valence-corrected chi connectivity index (χ3v) is 2.66. The van der Waals surface area contributed by atoms with Crippen LogP contribution in [0, 0.1) is 0 Å². The fraction of sp³-hybridized carbons (Fsp3) is 0.300. The monoisotopic (exact) mass is 211 g/mol. The normalized spacial score (nSPS) is 14.6. The molecule has 0 bridgehead atoms. The lowest BCUT2D eigenvalue weighted by Crippen LogP contribution is -2.18. The molecule has 1 aliphatic rings. The summed E-state index contributed by atoms with van der Waals surface area (Å²) < 4.78 is 5.06. The van der Waals surface area contributed by atoms with Crippen LogP contribution in [0.4, 0.5) is 5.69 Å². The van der Waals surface area contributed by atoms with E-state index >= 15 is 0 Å². The Morgan fingerprint density at radius 3 is 3.00 bits per heavy atom. The number of nitrogens with one attached hydrogen (secondary N) is 1. The zero-order valence-electron chi connectivity index (χ0n) is 7.76. The summed E-state index contributed by atoms with van der Waals surface area (Å²) >= 11 is 6.05. The fourth-order valence-corrected chi connectivity index (χ4v) is 1.86. The highest BCUT2D eigenvalue weighted by atomic mass is 35.5. The van der Waals surface area contributed by atoms with E-state index in [1.165, 1.54) is 0 Å². The van der Waals surface area contributed by atoms with E-state index in [1.807, 2.05) is 0 Å². The molecule has 0 unspecified atom stereocenters. The molecule has 3 nitrogen and oxygen atoms in total. The average molecular weight is 212 g/mol. The van der Waals surface area contributed by atoms with Crippen molar-refractivity contribution in [1.82, 2.24) is 0 Å². The maximum Gasteiger partial charge on any atom is 0.166 e. The van der Waals surface area contributed by atoms with Crippen LogP contribution in [0.3, 0.4) is 0 Å². The van der Waals surface area contributed by atoms with Crippen molar-refractivity contribution >= 4 is 23.1 Å². The van der Waals surface area contributed by atoms with Gasteiger partial charge in [0.15, 0.2) is 5.78 Å². The second kappa shape index (κ2) is 3.50. The van der Waals surface area contributed by atoms with Crippen molar-refractivity contribution in [2.24, 2.45) is 0 Å². The van der Waals surface area contributed by atoms with Crippen LogP contribution in [0.1, 0.15) is 16.8 Å². The quantitative estimate of drug-likeness (QED) is 0.775. The molecule has 0 amide bonds. The first kappa shape index (κ1) is 9.34. The zero-order chi connectivity index (χ0) is 10.1. The Hall–Kier alpha value is -1.22. The van der Waals surface area contributed by atoms with Crippen LogP contribution in [0.15, 0.2) is 12.1 Å². The van der Waals surface area contributed by atoms with E-state index in [1.54, 1.807) is 19.2 Å². The fourth-order valence-electron chi connectivity index (χ4n) is 1.56. The minimum atomic E-state index is 0.128. The van der Waals surface area contributed by atoms with Crippen molar-refractivity contribution in [3.05, 3.63) is 22.7 Å². The van der Waals surface area contributed by atoms with Crippen LogP contribution < -0.4 is 10.1 Å². The highest BCUT2D eigenvalue weighted by Gasteiger charge is 2.20. The van der Waals surface area contributed by atoms with E-state index in [4.69, 9.17) is 16.3 Å². The molecule has 0 saturated heterocycles. The van der Waals surface area contributed by atoms with Crippen LogP contribution in [0.25, 0.3) is 0 Å². The largest absolute Gasteiger partial charge is 0.495 e. The number of carbonyl (C=O) groups is 1.